The number of fused-ring (bicyclic) bond motifs is 2. The Labute approximate surface area is 170 Å². The van der Waals surface area contributed by atoms with Gasteiger partial charge in [0, 0.05) is 24.2 Å². The summed E-state index contributed by atoms with van der Waals surface area (Å²) in [7, 11) is 0. The normalized spacial score (nSPS) is 13.4. The number of hydrogen-bond acceptors (Lipinski definition) is 4. The topological polar surface area (TPSA) is 64.2 Å². The monoisotopic (exact) mass is 408 g/mol. The van der Waals surface area contributed by atoms with Crippen LogP contribution in [0.25, 0.3) is 22.5 Å². The molecule has 3 aromatic heterocycles. The molecule has 0 saturated carbocycles. The highest BCUT2D eigenvalue weighted by molar-refractivity contribution is 6.14. The Kier molecular flexibility index (Phi) is 4.16. The zero-order chi connectivity index (χ0) is 21.0. The van der Waals surface area contributed by atoms with Crippen molar-refractivity contribution < 1.29 is 18.0 Å². The molecule has 1 aliphatic heterocycles. The van der Waals surface area contributed by atoms with Gasteiger partial charge in [-0.15, -0.1) is 0 Å². The van der Waals surface area contributed by atoms with Crippen molar-refractivity contribution >= 4 is 22.6 Å². The first kappa shape index (κ1) is 18.5. The van der Waals surface area contributed by atoms with Gasteiger partial charge >= 0.3 is 0 Å². The molecule has 0 saturated heterocycles. The lowest BCUT2D eigenvalue weighted by Crippen LogP contribution is -2.29. The summed E-state index contributed by atoms with van der Waals surface area (Å²) >= 11 is 0. The number of aromatic nitrogens is 3. The van der Waals surface area contributed by atoms with Gasteiger partial charge in [0.05, 0.1) is 29.1 Å². The molecular formula is C22H18F2N4O2. The molecule has 1 amide bonds. The van der Waals surface area contributed by atoms with E-state index in [1.54, 1.807) is 29.1 Å². The molecule has 0 radical (unpaired) electrons. The van der Waals surface area contributed by atoms with Gasteiger partial charge in [-0.1, -0.05) is 0 Å². The summed E-state index contributed by atoms with van der Waals surface area (Å²) in [6.45, 7) is 4.21. The Morgan fingerprint density at radius 3 is 2.80 bits per heavy atom. The van der Waals surface area contributed by atoms with Crippen molar-refractivity contribution in [3.05, 3.63) is 65.6 Å². The highest BCUT2D eigenvalue weighted by atomic mass is 19.1. The molecule has 5 rings (SSSR count). The number of carbonyl (C=O) groups excluding carboxylic acids is 1. The zero-order valence-electron chi connectivity index (χ0n) is 16.4. The molecular weight excluding hydrogens is 390 g/mol. The third kappa shape index (κ3) is 2.79. The van der Waals surface area contributed by atoms with Crippen molar-refractivity contribution in [2.75, 3.05) is 11.4 Å². The molecule has 1 aliphatic rings. The fourth-order valence-electron chi connectivity index (χ4n) is 3.90. The van der Waals surface area contributed by atoms with Gasteiger partial charge in [-0.05, 0) is 44.5 Å². The molecule has 0 fully saturated rings. The lowest BCUT2D eigenvalue weighted by atomic mass is 10.1. The number of rotatable bonds is 3. The molecule has 0 bridgehead atoms. The smallest absolute Gasteiger partial charge is 0.259 e. The number of hydrogen-bond donors (Lipinski definition) is 0. The minimum atomic E-state index is -0.713. The minimum absolute atomic E-state index is 0.0282. The largest absolute Gasteiger partial charge is 0.463 e. The van der Waals surface area contributed by atoms with E-state index in [0.717, 1.165) is 6.07 Å². The second kappa shape index (κ2) is 6.76. The average Bonchev–Trinajstić information content (AvgIpc) is 3.45. The van der Waals surface area contributed by atoms with Gasteiger partial charge in [0.2, 0.25) is 0 Å². The summed E-state index contributed by atoms with van der Waals surface area (Å²) in [6, 6.07) is 7.22. The highest BCUT2D eigenvalue weighted by Crippen LogP contribution is 2.34. The van der Waals surface area contributed by atoms with E-state index in [9.17, 15) is 13.6 Å². The third-order valence-electron chi connectivity index (χ3n) is 5.32. The van der Waals surface area contributed by atoms with E-state index < -0.39 is 11.6 Å². The second-order valence-electron chi connectivity index (χ2n) is 7.54. The fourth-order valence-corrected chi connectivity index (χ4v) is 3.90. The van der Waals surface area contributed by atoms with E-state index in [2.05, 4.69) is 10.1 Å². The minimum Gasteiger partial charge on any atom is -0.463 e. The number of pyridine rings is 1. The van der Waals surface area contributed by atoms with E-state index in [4.69, 9.17) is 4.42 Å². The number of nitrogens with zero attached hydrogens (tertiary/aromatic N) is 4. The number of furan rings is 1. The van der Waals surface area contributed by atoms with E-state index in [-0.39, 0.29) is 24.2 Å². The maximum atomic E-state index is 14.2. The molecule has 6 nitrogen and oxygen atoms in total. The van der Waals surface area contributed by atoms with Crippen molar-refractivity contribution in [2.24, 2.45) is 0 Å². The number of carbonyl (C=O) groups is 1. The third-order valence-corrected chi connectivity index (χ3v) is 5.32. The van der Waals surface area contributed by atoms with Gasteiger partial charge in [0.1, 0.15) is 17.3 Å². The number of benzene rings is 1. The standard InChI is InChI=1S/C22H18F2N4O2/c1-12(2)28-21-16(11-25-28)15(10-18(26-21)20-4-3-7-30-20)22(29)27-6-5-14-17(24)8-13(23)9-19(14)27/h3-4,7-12H,5-6H2,1-2H3. The van der Waals surface area contributed by atoms with Crippen molar-refractivity contribution in [3.8, 4) is 11.5 Å². The lowest BCUT2D eigenvalue weighted by Gasteiger charge is -2.18. The van der Waals surface area contributed by atoms with Crippen LogP contribution in [0, 0.1) is 11.6 Å². The summed E-state index contributed by atoms with van der Waals surface area (Å²) in [5.74, 6) is -1.19. The van der Waals surface area contributed by atoms with Crippen LogP contribution in [0.3, 0.4) is 0 Å². The van der Waals surface area contributed by atoms with E-state index >= 15 is 0 Å². The first-order valence-electron chi connectivity index (χ1n) is 9.66. The molecule has 152 valence electrons. The molecule has 4 aromatic rings. The van der Waals surface area contributed by atoms with Gasteiger partial charge < -0.3 is 9.32 Å². The molecule has 0 N–H and O–H groups in total. The van der Waals surface area contributed by atoms with Crippen molar-refractivity contribution in [3.63, 3.8) is 0 Å². The molecule has 0 spiro atoms. The zero-order valence-corrected chi connectivity index (χ0v) is 16.4. The number of halogens is 2. The maximum Gasteiger partial charge on any atom is 0.259 e. The van der Waals surface area contributed by atoms with Crippen LogP contribution in [0.15, 0.2) is 47.2 Å². The van der Waals surface area contributed by atoms with Crippen molar-refractivity contribution in [2.45, 2.75) is 26.3 Å². The molecule has 0 atom stereocenters. The van der Waals surface area contributed by atoms with Crippen molar-refractivity contribution in [1.82, 2.24) is 14.8 Å². The predicted molar refractivity (Wildman–Crippen MR) is 107 cm³/mol. The number of anilines is 1. The van der Waals surface area contributed by atoms with Crippen LogP contribution in [0.2, 0.25) is 0 Å². The number of amides is 1. The lowest BCUT2D eigenvalue weighted by molar-refractivity contribution is 0.0991. The van der Waals surface area contributed by atoms with Gasteiger partial charge in [0.15, 0.2) is 11.4 Å². The van der Waals surface area contributed by atoms with Gasteiger partial charge in [0.25, 0.3) is 5.91 Å². The van der Waals surface area contributed by atoms with Crippen LogP contribution >= 0.6 is 0 Å². The fraction of sp³-hybridized carbons (Fsp3) is 0.227. The first-order chi connectivity index (χ1) is 14.4. The van der Waals surface area contributed by atoms with Gasteiger partial charge in [-0.3, -0.25) is 4.79 Å². The average molecular weight is 408 g/mol. The van der Waals surface area contributed by atoms with Crippen LogP contribution in [0.5, 0.6) is 0 Å². The maximum absolute atomic E-state index is 14.2. The predicted octanol–water partition coefficient (Wildman–Crippen LogP) is 4.75. The van der Waals surface area contributed by atoms with E-state index in [1.807, 2.05) is 13.8 Å². The molecule has 4 heterocycles. The SMILES string of the molecule is CC(C)n1ncc2c(C(=O)N3CCc4c(F)cc(F)cc43)cc(-c3ccco3)nc21. The first-order valence-corrected chi connectivity index (χ1v) is 9.66. The summed E-state index contributed by atoms with van der Waals surface area (Å²) < 4.78 is 35.2. The Balaban J connectivity index is 1.69. The quantitative estimate of drug-likeness (QED) is 0.491. The Hall–Kier alpha value is -3.55. The van der Waals surface area contributed by atoms with Gasteiger partial charge in [-0.25, -0.2) is 18.4 Å². The summed E-state index contributed by atoms with van der Waals surface area (Å²) in [4.78, 5) is 19.6. The van der Waals surface area contributed by atoms with E-state index in [1.165, 1.54) is 17.2 Å². The molecule has 8 heteroatoms. The molecule has 0 unspecified atom stereocenters. The Morgan fingerprint density at radius 2 is 2.07 bits per heavy atom. The summed E-state index contributed by atoms with van der Waals surface area (Å²) in [5.41, 5.74) is 2.00. The second-order valence-corrected chi connectivity index (χ2v) is 7.54. The Bertz CT molecular complexity index is 1280. The summed E-state index contributed by atoms with van der Waals surface area (Å²) in [5, 5.41) is 4.97. The van der Waals surface area contributed by atoms with Crippen LogP contribution in [0.4, 0.5) is 14.5 Å². The molecule has 30 heavy (non-hydrogen) atoms. The van der Waals surface area contributed by atoms with Crippen LogP contribution in [-0.2, 0) is 6.42 Å². The van der Waals surface area contributed by atoms with Crippen LogP contribution in [0.1, 0.15) is 35.8 Å². The Morgan fingerprint density at radius 1 is 1.23 bits per heavy atom. The van der Waals surface area contributed by atoms with Crippen molar-refractivity contribution in [1.29, 1.82) is 0 Å². The van der Waals surface area contributed by atoms with Crippen LogP contribution < -0.4 is 4.90 Å². The molecule has 0 aliphatic carbocycles. The van der Waals surface area contributed by atoms with Gasteiger partial charge in [-0.2, -0.15) is 5.10 Å². The van der Waals surface area contributed by atoms with E-state index in [0.29, 0.717) is 40.0 Å². The van der Waals surface area contributed by atoms with Crippen LogP contribution in [-0.4, -0.2) is 27.2 Å². The summed E-state index contributed by atoms with van der Waals surface area (Å²) in [6.07, 6.45) is 3.47. The molecule has 1 aromatic carbocycles. The highest BCUT2D eigenvalue weighted by Gasteiger charge is 2.31.